The van der Waals surface area contributed by atoms with Crippen LogP contribution in [0.25, 0.3) is 10.9 Å². The van der Waals surface area contributed by atoms with Gasteiger partial charge in [0.1, 0.15) is 0 Å². The third-order valence-electron chi connectivity index (χ3n) is 2.22. The van der Waals surface area contributed by atoms with Crippen LogP contribution in [-0.2, 0) is 13.5 Å². The molecule has 1 aromatic heterocycles. The number of rotatable bonds is 1. The van der Waals surface area contributed by atoms with Gasteiger partial charge >= 0.3 is 0 Å². The minimum atomic E-state index is 0.762. The summed E-state index contributed by atoms with van der Waals surface area (Å²) in [5.41, 5.74) is 2.23. The molecule has 3 heteroatoms. The van der Waals surface area contributed by atoms with Gasteiger partial charge in [0, 0.05) is 17.5 Å². The summed E-state index contributed by atoms with van der Waals surface area (Å²) in [5.74, 6) is 0. The Kier molecular flexibility index (Phi) is 2.00. The third-order valence-corrected chi connectivity index (χ3v) is 2.46. The molecule has 0 fully saturated rings. The molecule has 0 radical (unpaired) electrons. The maximum Gasteiger partial charge on any atom is 0.0700 e. The average molecular weight is 195 g/mol. The zero-order valence-corrected chi connectivity index (χ0v) is 8.47. The summed E-state index contributed by atoms with van der Waals surface area (Å²) in [4.78, 5) is 0. The van der Waals surface area contributed by atoms with Crippen LogP contribution in [0, 0.1) is 0 Å². The van der Waals surface area contributed by atoms with Gasteiger partial charge in [0.15, 0.2) is 0 Å². The van der Waals surface area contributed by atoms with E-state index in [1.165, 1.54) is 5.39 Å². The fourth-order valence-corrected chi connectivity index (χ4v) is 1.73. The van der Waals surface area contributed by atoms with Crippen molar-refractivity contribution in [2.75, 3.05) is 0 Å². The van der Waals surface area contributed by atoms with Gasteiger partial charge in [-0.3, -0.25) is 4.68 Å². The first-order valence-corrected chi connectivity index (χ1v) is 4.71. The van der Waals surface area contributed by atoms with E-state index < -0.39 is 0 Å². The van der Waals surface area contributed by atoms with Crippen molar-refractivity contribution >= 4 is 22.5 Å². The van der Waals surface area contributed by atoms with Crippen LogP contribution in [0.5, 0.6) is 0 Å². The first-order valence-electron chi connectivity index (χ1n) is 4.33. The Hall–Kier alpha value is -1.02. The standard InChI is InChI=1S/C10H11ClN2/c1-3-9-8-5-4-7(11)6-10(8)13(2)12-9/h4-6H,3H2,1-2H3. The molecule has 1 heterocycles. The molecule has 0 spiro atoms. The fraction of sp³-hybridized carbons (Fsp3) is 0.300. The van der Waals surface area contributed by atoms with Crippen LogP contribution in [0.2, 0.25) is 5.02 Å². The van der Waals surface area contributed by atoms with Crippen LogP contribution in [0.3, 0.4) is 0 Å². The van der Waals surface area contributed by atoms with E-state index in [9.17, 15) is 0 Å². The number of benzene rings is 1. The maximum atomic E-state index is 5.90. The van der Waals surface area contributed by atoms with Gasteiger partial charge in [-0.1, -0.05) is 18.5 Å². The second-order valence-corrected chi connectivity index (χ2v) is 3.52. The minimum absolute atomic E-state index is 0.762. The van der Waals surface area contributed by atoms with Crippen LogP contribution < -0.4 is 0 Å². The Labute approximate surface area is 82.1 Å². The molecule has 0 bridgehead atoms. The molecule has 2 rings (SSSR count). The van der Waals surface area contributed by atoms with Gasteiger partial charge in [-0.05, 0) is 24.6 Å². The number of fused-ring (bicyclic) bond motifs is 1. The van der Waals surface area contributed by atoms with E-state index in [0.29, 0.717) is 0 Å². The Morgan fingerprint density at radius 2 is 2.23 bits per heavy atom. The zero-order valence-electron chi connectivity index (χ0n) is 7.71. The summed E-state index contributed by atoms with van der Waals surface area (Å²) < 4.78 is 1.88. The lowest BCUT2D eigenvalue weighted by molar-refractivity contribution is 0.770. The van der Waals surface area contributed by atoms with Crippen LogP contribution in [0.4, 0.5) is 0 Å². The molecule has 0 N–H and O–H groups in total. The number of aryl methyl sites for hydroxylation is 2. The van der Waals surface area contributed by atoms with E-state index in [0.717, 1.165) is 22.7 Å². The molecule has 13 heavy (non-hydrogen) atoms. The molecular weight excluding hydrogens is 184 g/mol. The molecule has 2 nitrogen and oxygen atoms in total. The fourth-order valence-electron chi connectivity index (χ4n) is 1.57. The smallest absolute Gasteiger partial charge is 0.0700 e. The van der Waals surface area contributed by atoms with Crippen LogP contribution in [-0.4, -0.2) is 9.78 Å². The molecule has 0 aliphatic heterocycles. The molecule has 0 amide bonds. The third kappa shape index (κ3) is 1.31. The van der Waals surface area contributed by atoms with Crippen molar-refractivity contribution in [2.24, 2.45) is 7.05 Å². The summed E-state index contributed by atoms with van der Waals surface area (Å²) in [7, 11) is 1.94. The second kappa shape index (κ2) is 3.04. The Bertz CT molecular complexity index is 445. The highest BCUT2D eigenvalue weighted by Gasteiger charge is 2.06. The average Bonchev–Trinajstić information content (AvgIpc) is 2.43. The van der Waals surface area contributed by atoms with Gasteiger partial charge in [0.25, 0.3) is 0 Å². The highest BCUT2D eigenvalue weighted by atomic mass is 35.5. The van der Waals surface area contributed by atoms with Crippen molar-refractivity contribution in [3.05, 3.63) is 28.9 Å². The van der Waals surface area contributed by atoms with Crippen molar-refractivity contribution in [3.63, 3.8) is 0 Å². The highest BCUT2D eigenvalue weighted by Crippen LogP contribution is 2.21. The number of aromatic nitrogens is 2. The van der Waals surface area contributed by atoms with E-state index in [1.807, 2.05) is 29.9 Å². The van der Waals surface area contributed by atoms with Gasteiger partial charge < -0.3 is 0 Å². The van der Waals surface area contributed by atoms with Crippen molar-refractivity contribution < 1.29 is 0 Å². The predicted molar refractivity (Wildman–Crippen MR) is 55.1 cm³/mol. The van der Waals surface area contributed by atoms with Gasteiger partial charge in [0.2, 0.25) is 0 Å². The normalized spacial score (nSPS) is 11.0. The molecule has 0 unspecified atom stereocenters. The molecule has 0 aliphatic rings. The second-order valence-electron chi connectivity index (χ2n) is 3.09. The van der Waals surface area contributed by atoms with Crippen molar-refractivity contribution in [1.29, 1.82) is 0 Å². The lowest BCUT2D eigenvalue weighted by atomic mass is 10.2. The highest BCUT2D eigenvalue weighted by molar-refractivity contribution is 6.31. The number of nitrogens with zero attached hydrogens (tertiary/aromatic N) is 2. The van der Waals surface area contributed by atoms with Gasteiger partial charge in [-0.25, -0.2) is 0 Å². The molecule has 0 atom stereocenters. The van der Waals surface area contributed by atoms with E-state index >= 15 is 0 Å². The predicted octanol–water partition coefficient (Wildman–Crippen LogP) is 2.79. The quantitative estimate of drug-likeness (QED) is 0.683. The molecular formula is C10H11ClN2. The van der Waals surface area contributed by atoms with E-state index in [1.54, 1.807) is 0 Å². The van der Waals surface area contributed by atoms with Crippen molar-refractivity contribution in [2.45, 2.75) is 13.3 Å². The number of hydrogen-bond donors (Lipinski definition) is 0. The van der Waals surface area contributed by atoms with Crippen LogP contribution in [0.15, 0.2) is 18.2 Å². The summed E-state index contributed by atoms with van der Waals surface area (Å²) >= 11 is 5.90. The molecule has 68 valence electrons. The molecule has 0 aliphatic carbocycles. The SMILES string of the molecule is CCc1nn(C)c2cc(Cl)ccc12. The lowest BCUT2D eigenvalue weighted by Crippen LogP contribution is -1.90. The Balaban J connectivity index is 2.80. The molecule has 2 aromatic rings. The van der Waals surface area contributed by atoms with Gasteiger partial charge in [0.05, 0.1) is 11.2 Å². The largest absolute Gasteiger partial charge is 0.268 e. The number of hydrogen-bond acceptors (Lipinski definition) is 1. The molecule has 1 aromatic carbocycles. The monoisotopic (exact) mass is 194 g/mol. The van der Waals surface area contributed by atoms with Crippen LogP contribution >= 0.6 is 11.6 Å². The van der Waals surface area contributed by atoms with Crippen molar-refractivity contribution in [1.82, 2.24) is 9.78 Å². The summed E-state index contributed by atoms with van der Waals surface area (Å²) in [6, 6.07) is 5.89. The number of halogens is 1. The zero-order chi connectivity index (χ0) is 9.42. The van der Waals surface area contributed by atoms with Gasteiger partial charge in [-0.2, -0.15) is 5.10 Å². The molecule has 0 saturated carbocycles. The topological polar surface area (TPSA) is 17.8 Å². The van der Waals surface area contributed by atoms with Gasteiger partial charge in [-0.15, -0.1) is 0 Å². The summed E-state index contributed by atoms with van der Waals surface area (Å²) in [6.07, 6.45) is 0.957. The van der Waals surface area contributed by atoms with Crippen LogP contribution in [0.1, 0.15) is 12.6 Å². The van der Waals surface area contributed by atoms with E-state index in [-0.39, 0.29) is 0 Å². The molecule has 0 saturated heterocycles. The Morgan fingerprint density at radius 3 is 2.92 bits per heavy atom. The first-order chi connectivity index (χ1) is 6.22. The minimum Gasteiger partial charge on any atom is -0.268 e. The Morgan fingerprint density at radius 1 is 1.46 bits per heavy atom. The lowest BCUT2D eigenvalue weighted by Gasteiger charge is -1.93. The summed E-state index contributed by atoms with van der Waals surface area (Å²) in [5, 5.41) is 6.37. The van der Waals surface area contributed by atoms with E-state index in [2.05, 4.69) is 12.0 Å². The van der Waals surface area contributed by atoms with E-state index in [4.69, 9.17) is 11.6 Å². The van der Waals surface area contributed by atoms with Crippen molar-refractivity contribution in [3.8, 4) is 0 Å². The maximum absolute atomic E-state index is 5.90. The first kappa shape index (κ1) is 8.57. The summed E-state index contributed by atoms with van der Waals surface area (Å²) in [6.45, 7) is 2.11.